The molecule has 0 aliphatic carbocycles. The van der Waals surface area contributed by atoms with E-state index in [2.05, 4.69) is 5.32 Å². The zero-order valence-electron chi connectivity index (χ0n) is 21.0. The highest BCUT2D eigenvalue weighted by atomic mass is 35.5. The third-order valence-electron chi connectivity index (χ3n) is 5.35. The van der Waals surface area contributed by atoms with Crippen molar-refractivity contribution < 1.29 is 37.0 Å². The van der Waals surface area contributed by atoms with Gasteiger partial charge in [0.25, 0.3) is 10.0 Å². The van der Waals surface area contributed by atoms with E-state index in [4.69, 9.17) is 25.8 Å². The molecule has 0 heterocycles. The molecule has 0 aliphatic rings. The number of benzene rings is 3. The van der Waals surface area contributed by atoms with Crippen molar-refractivity contribution >= 4 is 50.8 Å². The smallest absolute Gasteiger partial charge is 0.337 e. The van der Waals surface area contributed by atoms with Crippen LogP contribution < -0.4 is 14.4 Å². The number of aryl methyl sites for hydroxylation is 1. The van der Waals surface area contributed by atoms with Crippen LogP contribution in [0.5, 0.6) is 5.75 Å². The van der Waals surface area contributed by atoms with Gasteiger partial charge in [0, 0.05) is 10.7 Å². The van der Waals surface area contributed by atoms with E-state index in [0.29, 0.717) is 10.6 Å². The second-order valence-electron chi connectivity index (χ2n) is 7.97. The number of nitrogens with one attached hydrogen (secondary N) is 1. The summed E-state index contributed by atoms with van der Waals surface area (Å²) < 4.78 is 43.2. The fourth-order valence-electron chi connectivity index (χ4n) is 3.53. The number of methoxy groups -OCH3 is 3. The van der Waals surface area contributed by atoms with E-state index < -0.39 is 34.4 Å². The maximum Gasteiger partial charge on any atom is 0.337 e. The van der Waals surface area contributed by atoms with Crippen molar-refractivity contribution in [3.8, 4) is 5.75 Å². The lowest BCUT2D eigenvalue weighted by Gasteiger charge is -2.25. The molecule has 38 heavy (non-hydrogen) atoms. The number of anilines is 2. The Labute approximate surface area is 225 Å². The topological polar surface area (TPSA) is 128 Å². The first-order valence-electron chi connectivity index (χ1n) is 11.0. The first kappa shape index (κ1) is 28.5. The number of esters is 2. The summed E-state index contributed by atoms with van der Waals surface area (Å²) in [6.45, 7) is 1.07. The van der Waals surface area contributed by atoms with Crippen LogP contribution in [0, 0.1) is 6.92 Å². The molecule has 0 atom stereocenters. The highest BCUT2D eigenvalue weighted by Crippen LogP contribution is 2.31. The van der Waals surface area contributed by atoms with Crippen molar-refractivity contribution in [2.24, 2.45) is 0 Å². The Hall–Kier alpha value is -4.09. The van der Waals surface area contributed by atoms with E-state index in [-0.39, 0.29) is 33.1 Å². The summed E-state index contributed by atoms with van der Waals surface area (Å²) in [5.41, 5.74) is 0.862. The Balaban J connectivity index is 2.03. The van der Waals surface area contributed by atoms with Crippen molar-refractivity contribution in [2.75, 3.05) is 37.5 Å². The van der Waals surface area contributed by atoms with Gasteiger partial charge in [0.05, 0.1) is 38.1 Å². The van der Waals surface area contributed by atoms with E-state index in [1.807, 2.05) is 0 Å². The maximum atomic E-state index is 13.8. The van der Waals surface area contributed by atoms with Crippen LogP contribution in [0.1, 0.15) is 26.3 Å². The summed E-state index contributed by atoms with van der Waals surface area (Å²) in [6, 6.07) is 14.4. The number of carbonyl (C=O) groups is 3. The predicted molar refractivity (Wildman–Crippen MR) is 141 cm³/mol. The van der Waals surface area contributed by atoms with Crippen LogP contribution in [0.3, 0.4) is 0 Å². The molecule has 0 fully saturated rings. The van der Waals surface area contributed by atoms with Crippen LogP contribution in [0.15, 0.2) is 65.6 Å². The minimum absolute atomic E-state index is 0.0163. The lowest BCUT2D eigenvalue weighted by Crippen LogP contribution is -2.38. The van der Waals surface area contributed by atoms with Crippen molar-refractivity contribution in [2.45, 2.75) is 11.8 Å². The van der Waals surface area contributed by atoms with E-state index >= 15 is 0 Å². The Kier molecular flexibility index (Phi) is 8.97. The van der Waals surface area contributed by atoms with Crippen LogP contribution in [0.25, 0.3) is 0 Å². The van der Waals surface area contributed by atoms with Gasteiger partial charge < -0.3 is 19.5 Å². The van der Waals surface area contributed by atoms with Gasteiger partial charge in [-0.05, 0) is 67.1 Å². The van der Waals surface area contributed by atoms with Crippen molar-refractivity contribution in [1.29, 1.82) is 0 Å². The molecule has 1 amide bonds. The monoisotopic (exact) mass is 560 g/mol. The van der Waals surface area contributed by atoms with Crippen molar-refractivity contribution in [3.05, 3.63) is 82.4 Å². The Morgan fingerprint density at radius 1 is 0.868 bits per heavy atom. The van der Waals surface area contributed by atoms with Gasteiger partial charge in [0.1, 0.15) is 17.2 Å². The van der Waals surface area contributed by atoms with E-state index in [1.165, 1.54) is 75.9 Å². The molecule has 0 spiro atoms. The number of nitrogens with zero attached hydrogens (tertiary/aromatic N) is 1. The van der Waals surface area contributed by atoms with E-state index in [1.54, 1.807) is 13.0 Å². The molecule has 0 saturated carbocycles. The number of hydrogen-bond acceptors (Lipinski definition) is 8. The average molecular weight is 561 g/mol. The first-order chi connectivity index (χ1) is 18.0. The van der Waals surface area contributed by atoms with Crippen molar-refractivity contribution in [3.63, 3.8) is 0 Å². The SMILES string of the molecule is COC(=O)c1cc(NC(=O)CN(c2ccc(Cl)cc2)S(=O)(=O)c2cc(C)ccc2OC)cc(C(=O)OC)c1. The maximum absolute atomic E-state index is 13.8. The fraction of sp³-hybridized carbons (Fsp3) is 0.192. The largest absolute Gasteiger partial charge is 0.495 e. The number of carbonyl (C=O) groups excluding carboxylic acids is 3. The van der Waals surface area contributed by atoms with Gasteiger partial charge in [0.15, 0.2) is 0 Å². The summed E-state index contributed by atoms with van der Waals surface area (Å²) in [7, 11) is -0.638. The highest BCUT2D eigenvalue weighted by Gasteiger charge is 2.30. The second kappa shape index (κ2) is 12.0. The number of hydrogen-bond donors (Lipinski definition) is 1. The normalized spacial score (nSPS) is 10.9. The summed E-state index contributed by atoms with van der Waals surface area (Å²) >= 11 is 5.99. The molecule has 0 radical (unpaired) electrons. The predicted octanol–water partition coefficient (Wildman–Crippen LogP) is 4.06. The lowest BCUT2D eigenvalue weighted by atomic mass is 10.1. The minimum Gasteiger partial charge on any atom is -0.495 e. The molecular weight excluding hydrogens is 536 g/mol. The summed E-state index contributed by atoms with van der Waals surface area (Å²) in [5, 5.41) is 2.91. The Morgan fingerprint density at radius 3 is 1.97 bits per heavy atom. The third kappa shape index (κ3) is 6.42. The van der Waals surface area contributed by atoms with Gasteiger partial charge in [-0.15, -0.1) is 0 Å². The van der Waals surface area contributed by atoms with Crippen LogP contribution in [0.2, 0.25) is 5.02 Å². The molecular formula is C26H25ClN2O8S. The summed E-state index contributed by atoms with van der Waals surface area (Å²) in [6.07, 6.45) is 0. The Bertz CT molecular complexity index is 1440. The number of rotatable bonds is 9. The minimum atomic E-state index is -4.31. The fourth-order valence-corrected chi connectivity index (χ4v) is 5.32. The number of ether oxygens (including phenoxy) is 3. The van der Waals surface area contributed by atoms with Gasteiger partial charge >= 0.3 is 11.9 Å². The number of sulfonamides is 1. The van der Waals surface area contributed by atoms with Gasteiger partial charge in [0.2, 0.25) is 5.91 Å². The molecule has 0 bridgehead atoms. The molecule has 3 aromatic rings. The first-order valence-corrected chi connectivity index (χ1v) is 12.9. The zero-order valence-corrected chi connectivity index (χ0v) is 22.6. The second-order valence-corrected chi connectivity index (χ2v) is 10.2. The molecule has 0 aliphatic heterocycles. The number of halogens is 1. The molecule has 10 nitrogen and oxygen atoms in total. The number of amides is 1. The zero-order chi connectivity index (χ0) is 28.0. The van der Waals surface area contributed by atoms with Crippen LogP contribution >= 0.6 is 11.6 Å². The van der Waals surface area contributed by atoms with Gasteiger partial charge in [-0.1, -0.05) is 17.7 Å². The summed E-state index contributed by atoms with van der Waals surface area (Å²) in [4.78, 5) is 37.2. The van der Waals surface area contributed by atoms with Gasteiger partial charge in [-0.2, -0.15) is 0 Å². The molecule has 200 valence electrons. The standard InChI is InChI=1S/C26H25ClN2O8S/c1-16-5-10-22(35-2)23(11-16)38(33,34)29(21-8-6-19(27)7-9-21)15-24(30)28-20-13-17(25(31)36-3)12-18(14-20)26(32)37-4/h5-14H,15H2,1-4H3,(H,28,30). The van der Waals surface area contributed by atoms with Crippen LogP contribution in [-0.4, -0.2) is 54.1 Å². The molecule has 0 aromatic heterocycles. The van der Waals surface area contributed by atoms with E-state index in [9.17, 15) is 22.8 Å². The van der Waals surface area contributed by atoms with Crippen LogP contribution in [0.4, 0.5) is 11.4 Å². The van der Waals surface area contributed by atoms with E-state index in [0.717, 1.165) is 4.31 Å². The van der Waals surface area contributed by atoms with Crippen LogP contribution in [-0.2, 0) is 24.3 Å². The summed E-state index contributed by atoms with van der Waals surface area (Å²) in [5.74, 6) is -2.15. The molecule has 3 rings (SSSR count). The highest BCUT2D eigenvalue weighted by molar-refractivity contribution is 7.93. The molecule has 0 unspecified atom stereocenters. The molecule has 1 N–H and O–H groups in total. The Morgan fingerprint density at radius 2 is 1.45 bits per heavy atom. The lowest BCUT2D eigenvalue weighted by molar-refractivity contribution is -0.114. The molecule has 3 aromatic carbocycles. The molecule has 0 saturated heterocycles. The third-order valence-corrected chi connectivity index (χ3v) is 7.39. The van der Waals surface area contributed by atoms with Crippen molar-refractivity contribution in [1.82, 2.24) is 0 Å². The molecule has 12 heteroatoms. The van der Waals surface area contributed by atoms with Gasteiger partial charge in [-0.3, -0.25) is 9.10 Å². The van der Waals surface area contributed by atoms with Gasteiger partial charge in [-0.25, -0.2) is 18.0 Å². The quantitative estimate of drug-likeness (QED) is 0.388. The average Bonchev–Trinajstić information content (AvgIpc) is 2.91.